The molecule has 0 bridgehead atoms. The number of aryl methyl sites for hydroxylation is 1. The topological polar surface area (TPSA) is 67.3 Å². The number of aromatic nitrogens is 4. The zero-order valence-corrected chi connectivity index (χ0v) is 24.6. The third-order valence-corrected chi connectivity index (χ3v) is 8.28. The molecule has 0 saturated heterocycles. The lowest BCUT2D eigenvalue weighted by atomic mass is 9.91. The van der Waals surface area contributed by atoms with Crippen LogP contribution in [0, 0.1) is 13.8 Å². The van der Waals surface area contributed by atoms with Crippen molar-refractivity contribution in [1.82, 2.24) is 20.2 Å². The first kappa shape index (κ1) is 30.8. The molecule has 0 radical (unpaired) electrons. The molecule has 2 aliphatic rings. The number of hydrogen-bond donors (Lipinski definition) is 0. The Morgan fingerprint density at radius 3 is 2.33 bits per heavy atom. The lowest BCUT2D eigenvalue weighted by Crippen LogP contribution is -2.31. The highest BCUT2D eigenvalue weighted by atomic mass is 19.4. The standard InChI is InChI=1S/C32H30F6N6O/c1-19-13-40-30(42-41-19)44(16-22-9-24(31(33,34)35)12-25(10-22)32(36,37)38)28-6-4-8-43(15-21-5-3-7-39-14-21)29-20(2)27-18-45-17-23(27)11-26(28)29/h3,5,7,9-14,28H,4,6,8,15-18H2,1-2H3/t28-/m0/s1. The van der Waals surface area contributed by atoms with Gasteiger partial charge in [0.1, 0.15) is 0 Å². The molecular formula is C32H30F6N6O. The molecular weight excluding hydrogens is 598 g/mol. The van der Waals surface area contributed by atoms with Crippen molar-refractivity contribution in [2.75, 3.05) is 16.3 Å². The van der Waals surface area contributed by atoms with E-state index in [1.807, 2.05) is 19.1 Å². The zero-order chi connectivity index (χ0) is 31.9. The molecule has 2 aromatic carbocycles. The molecule has 13 heteroatoms. The second-order valence-corrected chi connectivity index (χ2v) is 11.5. The fourth-order valence-electron chi connectivity index (χ4n) is 6.23. The predicted molar refractivity (Wildman–Crippen MR) is 154 cm³/mol. The quantitative estimate of drug-likeness (QED) is 0.205. The SMILES string of the molecule is Cc1cnc(N(Cc2cc(C(F)(F)F)cc(C(F)(F)F)c2)[C@H]2CCCN(Cc3cccnc3)c3c2cc2c(c3C)COC2)nn1. The second kappa shape index (κ2) is 11.9. The Bertz CT molecular complexity index is 1650. The van der Waals surface area contributed by atoms with Gasteiger partial charge in [0.2, 0.25) is 5.95 Å². The highest BCUT2D eigenvalue weighted by Crippen LogP contribution is 2.45. The van der Waals surface area contributed by atoms with Crippen molar-refractivity contribution in [2.24, 2.45) is 0 Å². The van der Waals surface area contributed by atoms with Gasteiger partial charge in [0.15, 0.2) is 0 Å². The number of pyridine rings is 1. The van der Waals surface area contributed by atoms with Crippen molar-refractivity contribution in [3.05, 3.63) is 105 Å². The summed E-state index contributed by atoms with van der Waals surface area (Å²) < 4.78 is 88.6. The van der Waals surface area contributed by atoms with E-state index in [9.17, 15) is 26.3 Å². The first-order valence-corrected chi connectivity index (χ1v) is 14.5. The van der Waals surface area contributed by atoms with Crippen molar-refractivity contribution in [3.63, 3.8) is 0 Å². The van der Waals surface area contributed by atoms with Crippen molar-refractivity contribution < 1.29 is 31.1 Å². The van der Waals surface area contributed by atoms with Crippen LogP contribution in [0.2, 0.25) is 0 Å². The first-order chi connectivity index (χ1) is 21.4. The molecule has 45 heavy (non-hydrogen) atoms. The zero-order valence-electron chi connectivity index (χ0n) is 24.6. The molecule has 0 unspecified atom stereocenters. The molecule has 0 N–H and O–H groups in total. The van der Waals surface area contributed by atoms with E-state index in [0.717, 1.165) is 45.6 Å². The van der Waals surface area contributed by atoms with E-state index in [-0.39, 0.29) is 24.1 Å². The average Bonchev–Trinajstić information content (AvgIpc) is 3.40. The highest BCUT2D eigenvalue weighted by Gasteiger charge is 2.38. The van der Waals surface area contributed by atoms with E-state index < -0.39 is 29.5 Å². The van der Waals surface area contributed by atoms with Crippen molar-refractivity contribution in [1.29, 1.82) is 0 Å². The monoisotopic (exact) mass is 628 g/mol. The molecule has 0 aliphatic carbocycles. The summed E-state index contributed by atoms with van der Waals surface area (Å²) in [6.45, 7) is 5.52. The van der Waals surface area contributed by atoms with Gasteiger partial charge in [-0.25, -0.2) is 4.98 Å². The van der Waals surface area contributed by atoms with Crippen molar-refractivity contribution >= 4 is 11.6 Å². The van der Waals surface area contributed by atoms with E-state index in [0.29, 0.717) is 44.8 Å². The van der Waals surface area contributed by atoms with Crippen LogP contribution in [-0.2, 0) is 43.4 Å². The molecule has 0 fully saturated rings. The lowest BCUT2D eigenvalue weighted by Gasteiger charge is -2.34. The second-order valence-electron chi connectivity index (χ2n) is 11.5. The average molecular weight is 629 g/mol. The molecule has 7 nitrogen and oxygen atoms in total. The summed E-state index contributed by atoms with van der Waals surface area (Å²) in [6.07, 6.45) is -3.72. The third kappa shape index (κ3) is 6.44. The van der Waals surface area contributed by atoms with Crippen LogP contribution in [0.25, 0.3) is 0 Å². The number of nitrogens with zero attached hydrogens (tertiary/aromatic N) is 6. The summed E-state index contributed by atoms with van der Waals surface area (Å²) in [4.78, 5) is 12.6. The number of hydrogen-bond acceptors (Lipinski definition) is 7. The van der Waals surface area contributed by atoms with Crippen molar-refractivity contribution in [2.45, 2.75) is 71.4 Å². The summed E-state index contributed by atoms with van der Waals surface area (Å²) in [5.74, 6) is 0.109. The fourth-order valence-corrected chi connectivity index (χ4v) is 6.23. The Labute approximate surface area is 255 Å². The number of benzene rings is 2. The molecule has 236 valence electrons. The Balaban J connectivity index is 1.50. The van der Waals surface area contributed by atoms with Gasteiger partial charge in [-0.2, -0.15) is 31.4 Å². The summed E-state index contributed by atoms with van der Waals surface area (Å²) in [5.41, 5.74) is 3.56. The number of alkyl halides is 6. The van der Waals surface area contributed by atoms with Crippen LogP contribution in [-0.4, -0.2) is 26.7 Å². The minimum atomic E-state index is -4.97. The molecule has 0 saturated carbocycles. The molecule has 6 rings (SSSR count). The number of anilines is 2. The van der Waals surface area contributed by atoms with Gasteiger partial charge in [-0.05, 0) is 90.4 Å². The van der Waals surface area contributed by atoms with Gasteiger partial charge >= 0.3 is 12.4 Å². The summed E-state index contributed by atoms with van der Waals surface area (Å²) in [6, 6.07) is 7.09. The Morgan fingerprint density at radius 2 is 1.69 bits per heavy atom. The van der Waals surface area contributed by atoms with Gasteiger partial charge in [-0.15, -0.1) is 5.10 Å². The van der Waals surface area contributed by atoms with Crippen LogP contribution in [0.5, 0.6) is 0 Å². The van der Waals surface area contributed by atoms with Gasteiger partial charge in [0, 0.05) is 37.7 Å². The highest BCUT2D eigenvalue weighted by molar-refractivity contribution is 5.67. The minimum Gasteiger partial charge on any atom is -0.372 e. The fraction of sp³-hybridized carbons (Fsp3) is 0.375. The van der Waals surface area contributed by atoms with Crippen LogP contribution in [0.1, 0.15) is 69.1 Å². The molecule has 4 heterocycles. The first-order valence-electron chi connectivity index (χ1n) is 14.5. The third-order valence-electron chi connectivity index (χ3n) is 8.28. The van der Waals surface area contributed by atoms with E-state index in [1.54, 1.807) is 24.2 Å². The van der Waals surface area contributed by atoms with Gasteiger partial charge < -0.3 is 14.5 Å². The summed E-state index contributed by atoms with van der Waals surface area (Å²) in [5, 5.41) is 8.38. The van der Waals surface area contributed by atoms with Gasteiger partial charge in [0.05, 0.1) is 42.3 Å². The van der Waals surface area contributed by atoms with Crippen LogP contribution in [0.15, 0.2) is 55.0 Å². The largest absolute Gasteiger partial charge is 0.416 e. The Hall–Kier alpha value is -4.26. The van der Waals surface area contributed by atoms with E-state index in [1.165, 1.54) is 6.20 Å². The maximum absolute atomic E-state index is 13.8. The summed E-state index contributed by atoms with van der Waals surface area (Å²) in [7, 11) is 0. The molecule has 0 amide bonds. The maximum atomic E-state index is 13.8. The van der Waals surface area contributed by atoms with E-state index >= 15 is 0 Å². The predicted octanol–water partition coefficient (Wildman–Crippen LogP) is 7.50. The van der Waals surface area contributed by atoms with E-state index in [2.05, 4.69) is 31.1 Å². The number of fused-ring (bicyclic) bond motifs is 2. The van der Waals surface area contributed by atoms with Crippen LogP contribution in [0.4, 0.5) is 38.0 Å². The Kier molecular flexibility index (Phi) is 8.14. The molecule has 0 spiro atoms. The van der Waals surface area contributed by atoms with Crippen LogP contribution in [0.3, 0.4) is 0 Å². The molecule has 4 aromatic rings. The van der Waals surface area contributed by atoms with Crippen LogP contribution < -0.4 is 9.80 Å². The smallest absolute Gasteiger partial charge is 0.372 e. The van der Waals surface area contributed by atoms with Gasteiger partial charge in [-0.3, -0.25) is 4.98 Å². The van der Waals surface area contributed by atoms with Gasteiger partial charge in [0.25, 0.3) is 0 Å². The maximum Gasteiger partial charge on any atom is 0.416 e. The lowest BCUT2D eigenvalue weighted by molar-refractivity contribution is -0.143. The number of ether oxygens (including phenoxy) is 1. The molecule has 2 aromatic heterocycles. The Morgan fingerprint density at radius 1 is 0.933 bits per heavy atom. The molecule has 1 atom stereocenters. The summed E-state index contributed by atoms with van der Waals surface area (Å²) >= 11 is 0. The molecule has 2 aliphatic heterocycles. The number of halogens is 6. The van der Waals surface area contributed by atoms with Crippen molar-refractivity contribution in [3.8, 4) is 0 Å². The van der Waals surface area contributed by atoms with Crippen LogP contribution >= 0.6 is 0 Å². The normalized spacial score (nSPS) is 16.7. The minimum absolute atomic E-state index is 0.109. The number of rotatable bonds is 6. The van der Waals surface area contributed by atoms with Gasteiger partial charge in [-0.1, -0.05) is 6.07 Å². The van der Waals surface area contributed by atoms with E-state index in [4.69, 9.17) is 4.74 Å².